The Kier molecular flexibility index (Phi) is 6.87. The van der Waals surface area contributed by atoms with Crippen molar-refractivity contribution in [3.8, 4) is 5.75 Å². The van der Waals surface area contributed by atoms with Gasteiger partial charge in [-0.1, -0.05) is 25.1 Å². The molecule has 1 aromatic carbocycles. The fourth-order valence-electron chi connectivity index (χ4n) is 2.13. The lowest BCUT2D eigenvalue weighted by molar-refractivity contribution is 0.195. The lowest BCUT2D eigenvalue weighted by Gasteiger charge is -2.21. The van der Waals surface area contributed by atoms with E-state index in [2.05, 4.69) is 17.2 Å². The molecule has 124 valence electrons. The summed E-state index contributed by atoms with van der Waals surface area (Å²) in [5, 5.41) is 5.75. The zero-order valence-corrected chi connectivity index (χ0v) is 14.4. The topological polar surface area (TPSA) is 54.5 Å². The van der Waals surface area contributed by atoms with Gasteiger partial charge in [-0.25, -0.2) is 9.78 Å². The van der Waals surface area contributed by atoms with Crippen molar-refractivity contribution in [2.75, 3.05) is 13.1 Å². The Bertz CT molecular complexity index is 601. The molecule has 5 nitrogen and oxygen atoms in total. The Morgan fingerprint density at radius 1 is 1.30 bits per heavy atom. The summed E-state index contributed by atoms with van der Waals surface area (Å²) in [6.07, 6.45) is 0.922. The van der Waals surface area contributed by atoms with Crippen LogP contribution in [0.2, 0.25) is 0 Å². The lowest BCUT2D eigenvalue weighted by atomic mass is 10.3. The van der Waals surface area contributed by atoms with E-state index in [-0.39, 0.29) is 6.03 Å². The van der Waals surface area contributed by atoms with Gasteiger partial charge in [-0.2, -0.15) is 0 Å². The first-order chi connectivity index (χ1) is 11.2. The second-order valence-corrected chi connectivity index (χ2v) is 6.03. The largest absolute Gasteiger partial charge is 0.486 e. The Hall–Kier alpha value is -2.08. The van der Waals surface area contributed by atoms with Crippen molar-refractivity contribution in [3.05, 3.63) is 46.4 Å². The highest BCUT2D eigenvalue weighted by atomic mass is 32.1. The van der Waals surface area contributed by atoms with Crippen molar-refractivity contribution in [2.45, 2.75) is 33.4 Å². The molecule has 1 heterocycles. The average molecular weight is 333 g/mol. The molecule has 0 radical (unpaired) electrons. The van der Waals surface area contributed by atoms with Crippen LogP contribution in [0.15, 0.2) is 35.7 Å². The first-order valence-electron chi connectivity index (χ1n) is 7.86. The van der Waals surface area contributed by atoms with E-state index in [1.807, 2.05) is 42.6 Å². The number of rotatable bonds is 8. The molecule has 1 aromatic heterocycles. The molecule has 0 aliphatic heterocycles. The van der Waals surface area contributed by atoms with Crippen molar-refractivity contribution in [1.82, 2.24) is 15.2 Å². The van der Waals surface area contributed by atoms with Gasteiger partial charge < -0.3 is 15.0 Å². The molecular weight excluding hydrogens is 310 g/mol. The number of carbonyl (C=O) groups excluding carboxylic acids is 1. The standard InChI is InChI=1S/C17H23N3O2S/c1-3-10-20(17(21)18-4-2)11-14-13-23-16(19-14)12-22-15-8-6-5-7-9-15/h5-9,13H,3-4,10-12H2,1-2H3,(H,18,21). The molecule has 1 N–H and O–H groups in total. The smallest absolute Gasteiger partial charge is 0.317 e. The van der Waals surface area contributed by atoms with Crippen LogP contribution in [0.4, 0.5) is 4.79 Å². The van der Waals surface area contributed by atoms with Crippen LogP contribution in [0.25, 0.3) is 0 Å². The Balaban J connectivity index is 1.91. The highest BCUT2D eigenvalue weighted by Crippen LogP contribution is 2.16. The first-order valence-corrected chi connectivity index (χ1v) is 8.74. The molecule has 2 aromatic rings. The summed E-state index contributed by atoms with van der Waals surface area (Å²) in [7, 11) is 0. The van der Waals surface area contributed by atoms with E-state index in [9.17, 15) is 4.79 Å². The predicted molar refractivity (Wildman–Crippen MR) is 92.7 cm³/mol. The normalized spacial score (nSPS) is 10.3. The minimum absolute atomic E-state index is 0.0376. The van der Waals surface area contributed by atoms with Crippen molar-refractivity contribution in [2.24, 2.45) is 0 Å². The quantitative estimate of drug-likeness (QED) is 0.802. The SMILES string of the molecule is CCCN(Cc1csc(COc2ccccc2)n1)C(=O)NCC. The molecule has 0 saturated heterocycles. The third kappa shape index (κ3) is 5.56. The van der Waals surface area contributed by atoms with Gasteiger partial charge in [0.2, 0.25) is 0 Å². The Morgan fingerprint density at radius 2 is 2.09 bits per heavy atom. The molecule has 0 bridgehead atoms. The predicted octanol–water partition coefficient (Wildman–Crippen LogP) is 3.66. The van der Waals surface area contributed by atoms with Gasteiger partial charge in [0, 0.05) is 18.5 Å². The van der Waals surface area contributed by atoms with Gasteiger partial charge in [-0.15, -0.1) is 11.3 Å². The van der Waals surface area contributed by atoms with Gasteiger partial charge in [-0.3, -0.25) is 0 Å². The number of para-hydroxylation sites is 1. The van der Waals surface area contributed by atoms with E-state index in [4.69, 9.17) is 4.74 Å². The highest BCUT2D eigenvalue weighted by molar-refractivity contribution is 7.09. The fraction of sp³-hybridized carbons (Fsp3) is 0.412. The van der Waals surface area contributed by atoms with Crippen molar-refractivity contribution in [1.29, 1.82) is 0 Å². The molecule has 0 saturated carbocycles. The number of thiazole rings is 1. The lowest BCUT2D eigenvalue weighted by Crippen LogP contribution is -2.39. The molecule has 6 heteroatoms. The molecule has 23 heavy (non-hydrogen) atoms. The Labute approximate surface area is 141 Å². The molecule has 0 aliphatic rings. The number of urea groups is 1. The van der Waals surface area contributed by atoms with E-state index in [1.165, 1.54) is 0 Å². The molecular formula is C17H23N3O2S. The number of hydrogen-bond donors (Lipinski definition) is 1. The average Bonchev–Trinajstić information content (AvgIpc) is 3.01. The van der Waals surface area contributed by atoms with Crippen LogP contribution in [0.5, 0.6) is 5.75 Å². The zero-order chi connectivity index (χ0) is 16.5. The van der Waals surface area contributed by atoms with E-state index in [0.717, 1.165) is 29.4 Å². The summed E-state index contributed by atoms with van der Waals surface area (Å²) in [5.74, 6) is 0.833. The molecule has 0 unspecified atom stereocenters. The van der Waals surface area contributed by atoms with Crippen molar-refractivity contribution in [3.63, 3.8) is 0 Å². The second kappa shape index (κ2) is 9.15. The van der Waals surface area contributed by atoms with Crippen LogP contribution < -0.4 is 10.1 Å². The minimum atomic E-state index is -0.0376. The highest BCUT2D eigenvalue weighted by Gasteiger charge is 2.14. The monoisotopic (exact) mass is 333 g/mol. The molecule has 0 spiro atoms. The number of aromatic nitrogens is 1. The summed E-state index contributed by atoms with van der Waals surface area (Å²) < 4.78 is 5.70. The van der Waals surface area contributed by atoms with Gasteiger partial charge in [-0.05, 0) is 25.5 Å². The number of benzene rings is 1. The number of hydrogen-bond acceptors (Lipinski definition) is 4. The van der Waals surface area contributed by atoms with Gasteiger partial charge >= 0.3 is 6.03 Å². The summed E-state index contributed by atoms with van der Waals surface area (Å²) in [5.41, 5.74) is 0.904. The van der Waals surface area contributed by atoms with Crippen LogP contribution in [-0.4, -0.2) is 29.0 Å². The summed E-state index contributed by atoms with van der Waals surface area (Å²) >= 11 is 1.56. The zero-order valence-electron chi connectivity index (χ0n) is 13.6. The van der Waals surface area contributed by atoms with Crippen LogP contribution in [0.1, 0.15) is 31.0 Å². The second-order valence-electron chi connectivity index (χ2n) is 5.09. The first kappa shape index (κ1) is 17.3. The maximum absolute atomic E-state index is 12.0. The molecule has 0 fully saturated rings. The van der Waals surface area contributed by atoms with E-state index >= 15 is 0 Å². The van der Waals surface area contributed by atoms with Crippen molar-refractivity contribution >= 4 is 17.4 Å². The van der Waals surface area contributed by atoms with Crippen LogP contribution in [-0.2, 0) is 13.2 Å². The third-order valence-corrected chi connectivity index (χ3v) is 4.04. The van der Waals surface area contributed by atoms with Gasteiger partial charge in [0.15, 0.2) is 0 Å². The maximum atomic E-state index is 12.0. The van der Waals surface area contributed by atoms with Crippen molar-refractivity contribution < 1.29 is 9.53 Å². The van der Waals surface area contributed by atoms with Gasteiger partial charge in [0.25, 0.3) is 0 Å². The summed E-state index contributed by atoms with van der Waals surface area (Å²) in [4.78, 5) is 18.4. The number of amides is 2. The Morgan fingerprint density at radius 3 is 2.78 bits per heavy atom. The summed E-state index contributed by atoms with van der Waals surface area (Å²) in [6, 6.07) is 9.65. The number of ether oxygens (including phenoxy) is 1. The van der Waals surface area contributed by atoms with Crippen LogP contribution in [0, 0.1) is 0 Å². The van der Waals surface area contributed by atoms with E-state index < -0.39 is 0 Å². The van der Waals surface area contributed by atoms with Crippen LogP contribution in [0.3, 0.4) is 0 Å². The fourth-order valence-corrected chi connectivity index (χ4v) is 2.83. The van der Waals surface area contributed by atoms with E-state index in [0.29, 0.717) is 19.7 Å². The van der Waals surface area contributed by atoms with Gasteiger partial charge in [0.05, 0.1) is 12.2 Å². The molecule has 2 rings (SSSR count). The molecule has 2 amide bonds. The third-order valence-electron chi connectivity index (χ3n) is 3.17. The summed E-state index contributed by atoms with van der Waals surface area (Å²) in [6.45, 7) is 6.31. The van der Waals surface area contributed by atoms with Crippen LogP contribution >= 0.6 is 11.3 Å². The minimum Gasteiger partial charge on any atom is -0.486 e. The number of carbonyl (C=O) groups is 1. The maximum Gasteiger partial charge on any atom is 0.317 e. The molecule has 0 atom stereocenters. The number of nitrogens with zero attached hydrogens (tertiary/aromatic N) is 2. The molecule has 0 aliphatic carbocycles. The van der Waals surface area contributed by atoms with Gasteiger partial charge in [0.1, 0.15) is 17.4 Å². The van der Waals surface area contributed by atoms with E-state index in [1.54, 1.807) is 16.2 Å². The number of nitrogens with one attached hydrogen (secondary N) is 1.